The largest absolute Gasteiger partial charge is 0.476 e. The van der Waals surface area contributed by atoms with Crippen LogP contribution in [0, 0.1) is 5.82 Å². The summed E-state index contributed by atoms with van der Waals surface area (Å²) < 4.78 is 29.7. The fourth-order valence-electron chi connectivity index (χ4n) is 5.92. The number of amides is 1. The number of nitrogens with zero attached hydrogens (tertiary/aromatic N) is 5. The van der Waals surface area contributed by atoms with E-state index in [2.05, 4.69) is 22.0 Å². The first-order valence-corrected chi connectivity index (χ1v) is 16.8. The second kappa shape index (κ2) is 14.5. The number of nitrogens with one attached hydrogen (secondary N) is 1. The maximum Gasteiger partial charge on any atom is 0.302 e. The van der Waals surface area contributed by atoms with Gasteiger partial charge in [0.15, 0.2) is 0 Å². The Morgan fingerprint density at radius 2 is 1.96 bits per heavy atom. The molecule has 1 N–H and O–H groups in total. The molecule has 0 saturated heterocycles. The van der Waals surface area contributed by atoms with E-state index in [4.69, 9.17) is 9.47 Å². The Labute approximate surface area is 290 Å². The number of carbonyl (C=O) groups is 2. The zero-order chi connectivity index (χ0) is 35.5. The molecule has 0 fully saturated rings. The Bertz CT molecular complexity index is 2260. The molecule has 1 aliphatic carbocycles. The number of hydrogen-bond donors (Lipinski definition) is 1. The summed E-state index contributed by atoms with van der Waals surface area (Å²) in [5.74, 6) is -0.893. The number of benzene rings is 1. The molecule has 0 atom stereocenters. The lowest BCUT2D eigenvalue weighted by Crippen LogP contribution is -2.29. The van der Waals surface area contributed by atoms with Gasteiger partial charge in [0, 0.05) is 60.7 Å². The summed E-state index contributed by atoms with van der Waals surface area (Å²) >= 11 is 1.45. The highest BCUT2D eigenvalue weighted by molar-refractivity contribution is 7.19. The van der Waals surface area contributed by atoms with Gasteiger partial charge < -0.3 is 24.3 Å². The number of fused-ring (bicyclic) bond motifs is 3. The van der Waals surface area contributed by atoms with Crippen LogP contribution in [-0.2, 0) is 40.8 Å². The molecule has 12 nitrogen and oxygen atoms in total. The van der Waals surface area contributed by atoms with Gasteiger partial charge in [0.05, 0.1) is 18.4 Å². The minimum atomic E-state index is -0.656. The molecule has 0 aliphatic heterocycles. The molecule has 0 spiro atoms. The van der Waals surface area contributed by atoms with Gasteiger partial charge in [0.25, 0.3) is 11.1 Å². The predicted molar refractivity (Wildman–Crippen MR) is 189 cm³/mol. The van der Waals surface area contributed by atoms with E-state index in [1.807, 2.05) is 0 Å². The normalized spacial score (nSPS) is 12.3. The van der Waals surface area contributed by atoms with Crippen molar-refractivity contribution in [3.63, 3.8) is 0 Å². The molecule has 0 saturated carbocycles. The van der Waals surface area contributed by atoms with Gasteiger partial charge >= 0.3 is 5.97 Å². The van der Waals surface area contributed by atoms with E-state index in [0.29, 0.717) is 33.8 Å². The summed E-state index contributed by atoms with van der Waals surface area (Å²) in [5, 5.41) is 8.31. The first-order valence-electron chi connectivity index (χ1n) is 16.0. The van der Waals surface area contributed by atoms with Crippen LogP contribution in [0.15, 0.2) is 71.0 Å². The molecule has 0 bridgehead atoms. The van der Waals surface area contributed by atoms with Crippen molar-refractivity contribution in [1.29, 1.82) is 0 Å². The van der Waals surface area contributed by atoms with Crippen LogP contribution >= 0.6 is 11.3 Å². The molecule has 4 aromatic heterocycles. The molecular weight excluding hydrogens is 663 g/mol. The number of anilines is 2. The van der Waals surface area contributed by atoms with Crippen molar-refractivity contribution in [3.8, 4) is 22.7 Å². The van der Waals surface area contributed by atoms with E-state index in [9.17, 15) is 19.2 Å². The quantitative estimate of drug-likeness (QED) is 0.148. The van der Waals surface area contributed by atoms with Crippen LogP contribution in [0.5, 0.6) is 5.88 Å². The summed E-state index contributed by atoms with van der Waals surface area (Å²) in [4.78, 5) is 58.0. The number of thiophene rings is 1. The van der Waals surface area contributed by atoms with Gasteiger partial charge in [-0.3, -0.25) is 19.2 Å². The Kier molecular flexibility index (Phi) is 9.90. The highest BCUT2D eigenvalue weighted by Crippen LogP contribution is 2.36. The maximum atomic E-state index is 15.5. The van der Waals surface area contributed by atoms with Crippen LogP contribution in [-0.4, -0.2) is 56.3 Å². The van der Waals surface area contributed by atoms with Gasteiger partial charge in [0.1, 0.15) is 35.2 Å². The zero-order valence-corrected chi connectivity index (χ0v) is 28.6. The molecule has 0 radical (unpaired) electrons. The Morgan fingerprint density at radius 3 is 2.74 bits per heavy atom. The van der Waals surface area contributed by atoms with Gasteiger partial charge in [-0.2, -0.15) is 14.8 Å². The number of pyridine rings is 2. The third-order valence-electron chi connectivity index (χ3n) is 8.45. The molecule has 4 heterocycles. The van der Waals surface area contributed by atoms with E-state index in [1.54, 1.807) is 38.5 Å². The number of esters is 1. The van der Waals surface area contributed by atoms with Crippen LogP contribution < -0.4 is 21.2 Å². The molecule has 6 rings (SSSR count). The lowest BCUT2D eigenvalue weighted by atomic mass is 9.97. The topological polar surface area (TPSA) is 138 Å². The summed E-state index contributed by atoms with van der Waals surface area (Å²) in [6.45, 7) is 4.93. The maximum absolute atomic E-state index is 15.5. The second-order valence-corrected chi connectivity index (χ2v) is 13.0. The molecule has 1 amide bonds. The van der Waals surface area contributed by atoms with Crippen molar-refractivity contribution in [2.75, 3.05) is 25.5 Å². The highest BCUT2D eigenvalue weighted by atomic mass is 32.1. The van der Waals surface area contributed by atoms with Crippen LogP contribution in [0.3, 0.4) is 0 Å². The van der Waals surface area contributed by atoms with Crippen molar-refractivity contribution >= 4 is 44.8 Å². The van der Waals surface area contributed by atoms with E-state index in [-0.39, 0.29) is 36.4 Å². The third-order valence-corrected chi connectivity index (χ3v) is 9.74. The van der Waals surface area contributed by atoms with Crippen LogP contribution in [0.2, 0.25) is 0 Å². The average Bonchev–Trinajstić information content (AvgIpc) is 3.49. The fraction of sp³-hybridized carbons (Fsp3) is 0.278. The fourth-order valence-corrected chi connectivity index (χ4v) is 7.21. The number of hydrogen-bond acceptors (Lipinski definition) is 10. The molecule has 5 aromatic rings. The number of rotatable bonds is 11. The van der Waals surface area contributed by atoms with E-state index in [1.165, 1.54) is 63.1 Å². The number of halogens is 1. The second-order valence-electron chi connectivity index (χ2n) is 11.9. The number of carbonyl (C=O) groups excluding carboxylic acids is 2. The minimum Gasteiger partial charge on any atom is -0.476 e. The molecule has 258 valence electrons. The Hall–Kier alpha value is -5.63. The summed E-state index contributed by atoms with van der Waals surface area (Å²) in [6.07, 6.45) is 8.29. The number of aromatic nitrogens is 4. The summed E-state index contributed by atoms with van der Waals surface area (Å²) in [6, 6.07) is 8.98. The lowest BCUT2D eigenvalue weighted by Gasteiger charge is -2.18. The van der Waals surface area contributed by atoms with Gasteiger partial charge in [-0.05, 0) is 61.1 Å². The molecule has 1 aliphatic rings. The SMILES string of the molecule is C=CC(=O)N(C)CCOc1cccc(Nc2cc(-c3cc(F)cc(-n4ncc5c6c(sc5c4=O)CCCC6)c3COC(C)=O)cn(C)c2=O)n1. The molecule has 14 heteroatoms. The molecule has 0 unspecified atom stereocenters. The van der Waals surface area contributed by atoms with Crippen LogP contribution in [0.25, 0.3) is 26.9 Å². The molecule has 1 aromatic carbocycles. The highest BCUT2D eigenvalue weighted by Gasteiger charge is 2.23. The third kappa shape index (κ3) is 7.06. The summed E-state index contributed by atoms with van der Waals surface area (Å²) in [5.41, 5.74) is 1.63. The monoisotopic (exact) mass is 698 g/mol. The van der Waals surface area contributed by atoms with Gasteiger partial charge in [0.2, 0.25) is 11.8 Å². The van der Waals surface area contributed by atoms with Crippen molar-refractivity contribution in [1.82, 2.24) is 24.2 Å². The number of aryl methyl sites for hydroxylation is 3. The van der Waals surface area contributed by atoms with E-state index < -0.39 is 22.9 Å². The van der Waals surface area contributed by atoms with Crippen molar-refractivity contribution in [2.45, 2.75) is 39.2 Å². The molecule has 50 heavy (non-hydrogen) atoms. The smallest absolute Gasteiger partial charge is 0.302 e. The van der Waals surface area contributed by atoms with Crippen LogP contribution in [0.4, 0.5) is 15.9 Å². The Balaban J connectivity index is 1.38. The first-order chi connectivity index (χ1) is 24.0. The average molecular weight is 699 g/mol. The molecular formula is C36H35FN6O6S. The van der Waals surface area contributed by atoms with E-state index in [0.717, 1.165) is 41.3 Å². The lowest BCUT2D eigenvalue weighted by molar-refractivity contribution is -0.142. The van der Waals surface area contributed by atoms with Gasteiger partial charge in [-0.25, -0.2) is 4.39 Å². The van der Waals surface area contributed by atoms with Crippen molar-refractivity contribution < 1.29 is 23.5 Å². The first kappa shape index (κ1) is 34.2. The van der Waals surface area contributed by atoms with E-state index >= 15 is 4.39 Å². The summed E-state index contributed by atoms with van der Waals surface area (Å²) in [7, 11) is 3.18. The van der Waals surface area contributed by atoms with Gasteiger partial charge in [-0.15, -0.1) is 11.3 Å². The Morgan fingerprint density at radius 1 is 1.16 bits per heavy atom. The van der Waals surface area contributed by atoms with Crippen molar-refractivity contribution in [3.05, 3.63) is 104 Å². The number of ether oxygens (including phenoxy) is 2. The van der Waals surface area contributed by atoms with Gasteiger partial charge in [-0.1, -0.05) is 12.6 Å². The standard InChI is InChI=1S/C36H35FN6O6S/c1-5-33(45)41(3)13-14-48-32-12-8-11-31(40-32)39-28-15-22(19-42(4)35(28)46)25-16-23(37)17-29(27(25)20-49-21(2)44)43-36(47)34-26(18-38-43)24-9-6-7-10-30(24)50-34/h5,8,11-12,15-19H,1,6-7,9-10,13-14,20H2,2-4H3,(H,39,40). The minimum absolute atomic E-state index is 0.120. The predicted octanol–water partition coefficient (Wildman–Crippen LogP) is 5.06. The number of likely N-dealkylation sites (N-methyl/N-ethyl adjacent to an activating group) is 1. The zero-order valence-electron chi connectivity index (χ0n) is 27.8. The van der Waals surface area contributed by atoms with Crippen LogP contribution in [0.1, 0.15) is 35.8 Å². The van der Waals surface area contributed by atoms with Crippen molar-refractivity contribution in [2.24, 2.45) is 7.05 Å².